The summed E-state index contributed by atoms with van der Waals surface area (Å²) in [6.07, 6.45) is 2.36. The normalized spacial score (nSPS) is 22.8. The lowest BCUT2D eigenvalue weighted by atomic mass is 9.96. The number of thiazole rings is 1. The van der Waals surface area contributed by atoms with Gasteiger partial charge in [0.05, 0.1) is 27.2 Å². The molecule has 3 heterocycles. The lowest BCUT2D eigenvalue weighted by molar-refractivity contribution is -0.137. The number of para-hydroxylation sites is 1. The van der Waals surface area contributed by atoms with Crippen LogP contribution < -0.4 is 0 Å². The first-order chi connectivity index (χ1) is 15.1. The van der Waals surface area contributed by atoms with E-state index in [0.29, 0.717) is 19.5 Å². The lowest BCUT2D eigenvalue weighted by Crippen LogP contribution is -2.43. The number of rotatable bonds is 4. The third-order valence-electron chi connectivity index (χ3n) is 6.65. The highest BCUT2D eigenvalue weighted by Gasteiger charge is 2.40. The van der Waals surface area contributed by atoms with Gasteiger partial charge >= 0.3 is 0 Å². The Labute approximate surface area is 186 Å². The third kappa shape index (κ3) is 3.97. The minimum atomic E-state index is -0.243. The van der Waals surface area contributed by atoms with Crippen LogP contribution in [0.1, 0.15) is 48.7 Å². The Balaban J connectivity index is 1.27. The van der Waals surface area contributed by atoms with Crippen molar-refractivity contribution in [1.29, 1.82) is 0 Å². The smallest absolute Gasteiger partial charge is 0.228 e. The van der Waals surface area contributed by atoms with Gasteiger partial charge in [0, 0.05) is 32.0 Å². The maximum absolute atomic E-state index is 13.3. The molecule has 0 N–H and O–H groups in total. The van der Waals surface area contributed by atoms with Crippen LogP contribution >= 0.6 is 11.3 Å². The summed E-state index contributed by atoms with van der Waals surface area (Å²) in [5, 5.41) is 1.13. The van der Waals surface area contributed by atoms with E-state index in [2.05, 4.69) is 6.07 Å². The fourth-order valence-corrected chi connectivity index (χ4v) is 5.98. The van der Waals surface area contributed by atoms with Crippen LogP contribution in [0.5, 0.6) is 0 Å². The summed E-state index contributed by atoms with van der Waals surface area (Å²) in [6.45, 7) is 4.04. The zero-order valence-corrected chi connectivity index (χ0v) is 18.6. The second-order valence-corrected chi connectivity index (χ2v) is 9.74. The van der Waals surface area contributed by atoms with Gasteiger partial charge in [0.2, 0.25) is 11.8 Å². The summed E-state index contributed by atoms with van der Waals surface area (Å²) < 4.78 is 1.20. The van der Waals surface area contributed by atoms with Crippen LogP contribution in [0.3, 0.4) is 0 Å². The van der Waals surface area contributed by atoms with E-state index >= 15 is 0 Å². The zero-order valence-electron chi connectivity index (χ0n) is 17.7. The molecule has 5 rings (SSSR count). The standard InChI is InChI=1S/C25H27N3O2S/c1-17(18-8-3-2-4-9-18)28-16-20(14-23(28)29)25(30)27-13-7-10-19(15-27)24-26-21-11-5-6-12-22(21)31-24/h2-6,8-9,11-12,17,19-20H,7,10,13-16H2,1H3. The molecule has 2 aliphatic rings. The highest BCUT2D eigenvalue weighted by atomic mass is 32.1. The maximum atomic E-state index is 13.3. The summed E-state index contributed by atoms with van der Waals surface area (Å²) in [7, 11) is 0. The number of likely N-dealkylation sites (tertiary alicyclic amines) is 2. The molecule has 2 fully saturated rings. The Morgan fingerprint density at radius 3 is 2.68 bits per heavy atom. The molecule has 160 valence electrons. The number of nitrogens with zero attached hydrogens (tertiary/aromatic N) is 3. The predicted molar refractivity (Wildman–Crippen MR) is 123 cm³/mol. The molecular weight excluding hydrogens is 406 g/mol. The summed E-state index contributed by atoms with van der Waals surface area (Å²) in [6, 6.07) is 18.2. The Morgan fingerprint density at radius 1 is 1.10 bits per heavy atom. The highest BCUT2D eigenvalue weighted by molar-refractivity contribution is 7.18. The van der Waals surface area contributed by atoms with Gasteiger partial charge in [-0.05, 0) is 37.5 Å². The van der Waals surface area contributed by atoms with Crippen molar-refractivity contribution in [2.24, 2.45) is 5.92 Å². The summed E-state index contributed by atoms with van der Waals surface area (Å²) in [5.41, 5.74) is 2.15. The van der Waals surface area contributed by atoms with Crippen molar-refractivity contribution in [3.8, 4) is 0 Å². The van der Waals surface area contributed by atoms with E-state index in [1.165, 1.54) is 4.70 Å². The Kier molecular flexibility index (Phi) is 5.48. The first-order valence-electron chi connectivity index (χ1n) is 11.1. The van der Waals surface area contributed by atoms with E-state index in [1.54, 1.807) is 11.3 Å². The van der Waals surface area contributed by atoms with Crippen molar-refractivity contribution in [3.63, 3.8) is 0 Å². The molecule has 0 saturated carbocycles. The molecule has 3 atom stereocenters. The quantitative estimate of drug-likeness (QED) is 0.604. The molecule has 2 aliphatic heterocycles. The number of aromatic nitrogens is 1. The molecule has 2 amide bonds. The number of amides is 2. The van der Waals surface area contributed by atoms with Crippen LogP contribution in [0.15, 0.2) is 54.6 Å². The molecule has 5 nitrogen and oxygen atoms in total. The first-order valence-corrected chi connectivity index (χ1v) is 11.9. The van der Waals surface area contributed by atoms with E-state index in [1.807, 2.05) is 65.3 Å². The summed E-state index contributed by atoms with van der Waals surface area (Å²) in [5.74, 6) is 0.246. The van der Waals surface area contributed by atoms with Crippen LogP contribution in [0.4, 0.5) is 0 Å². The van der Waals surface area contributed by atoms with Crippen molar-refractivity contribution in [3.05, 3.63) is 65.2 Å². The monoisotopic (exact) mass is 433 g/mol. The largest absolute Gasteiger partial charge is 0.342 e. The van der Waals surface area contributed by atoms with Crippen LogP contribution in [0.2, 0.25) is 0 Å². The van der Waals surface area contributed by atoms with Crippen molar-refractivity contribution in [1.82, 2.24) is 14.8 Å². The van der Waals surface area contributed by atoms with E-state index < -0.39 is 0 Å². The molecule has 31 heavy (non-hydrogen) atoms. The van der Waals surface area contributed by atoms with Crippen molar-refractivity contribution in [2.45, 2.75) is 38.1 Å². The highest BCUT2D eigenvalue weighted by Crippen LogP contribution is 2.35. The molecular formula is C25H27N3O2S. The van der Waals surface area contributed by atoms with Crippen molar-refractivity contribution >= 4 is 33.4 Å². The molecule has 1 aromatic heterocycles. The molecule has 3 unspecified atom stereocenters. The summed E-state index contributed by atoms with van der Waals surface area (Å²) in [4.78, 5) is 34.7. The maximum Gasteiger partial charge on any atom is 0.228 e. The zero-order chi connectivity index (χ0) is 21.4. The van der Waals surface area contributed by atoms with E-state index in [-0.39, 0.29) is 29.7 Å². The molecule has 3 aromatic rings. The van der Waals surface area contributed by atoms with E-state index in [9.17, 15) is 9.59 Å². The summed E-state index contributed by atoms with van der Waals surface area (Å²) >= 11 is 1.74. The molecule has 2 aromatic carbocycles. The van der Waals surface area contributed by atoms with Gasteiger partial charge in [-0.3, -0.25) is 9.59 Å². The lowest BCUT2D eigenvalue weighted by Gasteiger charge is -2.33. The minimum absolute atomic E-state index is 0.0108. The Hall–Kier alpha value is -2.73. The molecule has 0 aliphatic carbocycles. The number of benzene rings is 2. The number of piperidine rings is 1. The number of fused-ring (bicyclic) bond motifs is 1. The van der Waals surface area contributed by atoms with Crippen LogP contribution in [-0.2, 0) is 9.59 Å². The van der Waals surface area contributed by atoms with Gasteiger partial charge in [-0.15, -0.1) is 11.3 Å². The number of carbonyl (C=O) groups excluding carboxylic acids is 2. The second-order valence-electron chi connectivity index (χ2n) is 8.68. The van der Waals surface area contributed by atoms with Gasteiger partial charge in [0.1, 0.15) is 0 Å². The van der Waals surface area contributed by atoms with Gasteiger partial charge in [-0.1, -0.05) is 42.5 Å². The fourth-order valence-electron chi connectivity index (χ4n) is 4.88. The van der Waals surface area contributed by atoms with E-state index in [0.717, 1.165) is 35.5 Å². The van der Waals surface area contributed by atoms with Gasteiger partial charge in [-0.2, -0.15) is 0 Å². The van der Waals surface area contributed by atoms with Gasteiger partial charge in [-0.25, -0.2) is 4.98 Å². The van der Waals surface area contributed by atoms with Crippen LogP contribution in [-0.4, -0.2) is 46.2 Å². The number of hydrogen-bond donors (Lipinski definition) is 0. The van der Waals surface area contributed by atoms with Gasteiger partial charge < -0.3 is 9.80 Å². The molecule has 0 spiro atoms. The second kappa shape index (κ2) is 8.42. The molecule has 0 bridgehead atoms. The topological polar surface area (TPSA) is 53.5 Å². The minimum Gasteiger partial charge on any atom is -0.342 e. The average Bonchev–Trinajstić information content (AvgIpc) is 3.42. The first kappa shape index (κ1) is 20.2. The molecule has 6 heteroatoms. The van der Waals surface area contributed by atoms with Crippen LogP contribution in [0.25, 0.3) is 10.2 Å². The predicted octanol–water partition coefficient (Wildman–Crippen LogP) is 4.61. The van der Waals surface area contributed by atoms with Crippen LogP contribution in [0, 0.1) is 5.92 Å². The molecule has 0 radical (unpaired) electrons. The average molecular weight is 434 g/mol. The number of hydrogen-bond acceptors (Lipinski definition) is 4. The van der Waals surface area contributed by atoms with E-state index in [4.69, 9.17) is 4.98 Å². The van der Waals surface area contributed by atoms with Crippen molar-refractivity contribution < 1.29 is 9.59 Å². The SMILES string of the molecule is CC(c1ccccc1)N1CC(C(=O)N2CCCC(c3nc4ccccc4s3)C2)CC1=O. The number of carbonyl (C=O) groups is 2. The third-order valence-corrected chi connectivity index (χ3v) is 7.85. The van der Waals surface area contributed by atoms with Gasteiger partial charge in [0.15, 0.2) is 0 Å². The Morgan fingerprint density at radius 2 is 1.87 bits per heavy atom. The molecule has 2 saturated heterocycles. The van der Waals surface area contributed by atoms with Gasteiger partial charge in [0.25, 0.3) is 0 Å². The fraction of sp³-hybridized carbons (Fsp3) is 0.400. The van der Waals surface area contributed by atoms with Crippen molar-refractivity contribution in [2.75, 3.05) is 19.6 Å². The Bertz CT molecular complexity index is 1060.